The highest BCUT2D eigenvalue weighted by Gasteiger charge is 2.39. The molecule has 7 heteroatoms. The van der Waals surface area contributed by atoms with E-state index in [2.05, 4.69) is 10.3 Å². The van der Waals surface area contributed by atoms with Gasteiger partial charge in [0.25, 0.3) is 0 Å². The van der Waals surface area contributed by atoms with Crippen LogP contribution < -0.4 is 11.1 Å². The lowest BCUT2D eigenvalue weighted by Gasteiger charge is -2.34. The van der Waals surface area contributed by atoms with E-state index in [1.807, 2.05) is 31.3 Å². The molecule has 1 amide bonds. The predicted molar refractivity (Wildman–Crippen MR) is 101 cm³/mol. The molecule has 1 saturated heterocycles. The molecule has 25 heavy (non-hydrogen) atoms. The van der Waals surface area contributed by atoms with Gasteiger partial charge in [-0.2, -0.15) is 0 Å². The van der Waals surface area contributed by atoms with Crippen LogP contribution >= 0.6 is 22.9 Å². The first kappa shape index (κ1) is 18.3. The van der Waals surface area contributed by atoms with Gasteiger partial charge in [0.15, 0.2) is 5.13 Å². The minimum atomic E-state index is -0.545. The SMILES string of the molecule is Cc1cc(Cl)ccc1Cc1cnc(NC(=O)C2(CN)CCOCC2)s1. The average Bonchev–Trinajstić information content (AvgIpc) is 3.05. The van der Waals surface area contributed by atoms with E-state index in [9.17, 15) is 4.79 Å². The number of thiazole rings is 1. The summed E-state index contributed by atoms with van der Waals surface area (Å²) in [6.07, 6.45) is 3.88. The molecule has 1 aliphatic rings. The van der Waals surface area contributed by atoms with E-state index in [-0.39, 0.29) is 5.91 Å². The van der Waals surface area contributed by atoms with Gasteiger partial charge in [-0.05, 0) is 43.0 Å². The van der Waals surface area contributed by atoms with Crippen LogP contribution in [0.3, 0.4) is 0 Å². The molecule has 1 fully saturated rings. The second kappa shape index (κ2) is 7.83. The van der Waals surface area contributed by atoms with E-state index in [1.54, 1.807) is 0 Å². The number of halogens is 1. The van der Waals surface area contributed by atoms with Gasteiger partial charge < -0.3 is 15.8 Å². The molecule has 1 aromatic heterocycles. The molecular formula is C18H22ClN3O2S. The third-order valence-corrected chi connectivity index (χ3v) is 5.91. The van der Waals surface area contributed by atoms with Crippen LogP contribution in [0, 0.1) is 12.3 Å². The number of aryl methyl sites for hydroxylation is 1. The Kier molecular flexibility index (Phi) is 5.74. The number of hydrogen-bond donors (Lipinski definition) is 2. The van der Waals surface area contributed by atoms with Crippen molar-refractivity contribution in [3.63, 3.8) is 0 Å². The van der Waals surface area contributed by atoms with Crippen LogP contribution in [-0.4, -0.2) is 30.6 Å². The highest BCUT2D eigenvalue weighted by atomic mass is 35.5. The second-order valence-corrected chi connectivity index (χ2v) is 7.98. The Balaban J connectivity index is 1.68. The number of hydrogen-bond acceptors (Lipinski definition) is 5. The Hall–Kier alpha value is -1.47. The summed E-state index contributed by atoms with van der Waals surface area (Å²) in [6, 6.07) is 5.88. The molecule has 0 atom stereocenters. The number of carbonyl (C=O) groups is 1. The maximum absolute atomic E-state index is 12.7. The van der Waals surface area contributed by atoms with E-state index < -0.39 is 5.41 Å². The van der Waals surface area contributed by atoms with Crippen molar-refractivity contribution in [2.24, 2.45) is 11.1 Å². The zero-order chi connectivity index (χ0) is 17.9. The summed E-state index contributed by atoms with van der Waals surface area (Å²) < 4.78 is 5.36. The second-order valence-electron chi connectivity index (χ2n) is 6.43. The molecule has 2 aromatic rings. The number of nitrogens with zero attached hydrogens (tertiary/aromatic N) is 1. The third-order valence-electron chi connectivity index (χ3n) is 4.77. The van der Waals surface area contributed by atoms with Crippen LogP contribution in [0.2, 0.25) is 5.02 Å². The fourth-order valence-electron chi connectivity index (χ4n) is 3.01. The number of benzene rings is 1. The van der Waals surface area contributed by atoms with E-state index in [4.69, 9.17) is 22.1 Å². The summed E-state index contributed by atoms with van der Waals surface area (Å²) in [5.74, 6) is -0.0538. The van der Waals surface area contributed by atoms with Crippen molar-refractivity contribution in [3.8, 4) is 0 Å². The summed E-state index contributed by atoms with van der Waals surface area (Å²) in [6.45, 7) is 3.51. The summed E-state index contributed by atoms with van der Waals surface area (Å²) in [4.78, 5) is 18.1. The monoisotopic (exact) mass is 379 g/mol. The predicted octanol–water partition coefficient (Wildman–Crippen LogP) is 3.39. The summed E-state index contributed by atoms with van der Waals surface area (Å²) >= 11 is 7.50. The molecule has 134 valence electrons. The Labute approximate surface area is 156 Å². The Morgan fingerprint density at radius 2 is 2.20 bits per heavy atom. The van der Waals surface area contributed by atoms with E-state index in [0.717, 1.165) is 21.9 Å². The summed E-state index contributed by atoms with van der Waals surface area (Å²) in [5.41, 5.74) is 7.69. The molecule has 5 nitrogen and oxygen atoms in total. The molecule has 0 spiro atoms. The molecule has 0 saturated carbocycles. The molecular weight excluding hydrogens is 358 g/mol. The van der Waals surface area contributed by atoms with E-state index >= 15 is 0 Å². The Morgan fingerprint density at radius 3 is 2.88 bits per heavy atom. The zero-order valence-corrected chi connectivity index (χ0v) is 15.8. The van der Waals surface area contributed by atoms with Crippen molar-refractivity contribution in [1.29, 1.82) is 0 Å². The van der Waals surface area contributed by atoms with E-state index in [1.165, 1.54) is 16.9 Å². The summed E-state index contributed by atoms with van der Waals surface area (Å²) in [5, 5.41) is 4.30. The maximum atomic E-state index is 12.7. The molecule has 0 unspecified atom stereocenters. The number of amides is 1. The number of aromatic nitrogens is 1. The summed E-state index contributed by atoms with van der Waals surface area (Å²) in [7, 11) is 0. The smallest absolute Gasteiger partial charge is 0.233 e. The molecule has 2 heterocycles. The first-order valence-electron chi connectivity index (χ1n) is 8.31. The van der Waals surface area contributed by atoms with Gasteiger partial charge in [-0.3, -0.25) is 4.79 Å². The topological polar surface area (TPSA) is 77.2 Å². The number of anilines is 1. The van der Waals surface area contributed by atoms with Gasteiger partial charge in [-0.1, -0.05) is 17.7 Å². The molecule has 3 N–H and O–H groups in total. The molecule has 0 bridgehead atoms. The highest BCUT2D eigenvalue weighted by Crippen LogP contribution is 2.32. The van der Waals surface area contributed by atoms with Crippen LogP contribution in [0.15, 0.2) is 24.4 Å². The van der Waals surface area contributed by atoms with Gasteiger partial charge in [0.2, 0.25) is 5.91 Å². The number of carbonyl (C=O) groups excluding carboxylic acids is 1. The van der Waals surface area contributed by atoms with E-state index in [0.29, 0.717) is 37.7 Å². The molecule has 1 aliphatic heterocycles. The van der Waals surface area contributed by atoms with Crippen molar-refractivity contribution in [2.45, 2.75) is 26.2 Å². The molecule has 1 aromatic carbocycles. The van der Waals surface area contributed by atoms with Gasteiger partial charge in [0.1, 0.15) is 0 Å². The minimum Gasteiger partial charge on any atom is -0.381 e. The molecule has 3 rings (SSSR count). The van der Waals surface area contributed by atoms with Crippen molar-refractivity contribution in [1.82, 2.24) is 4.98 Å². The van der Waals surface area contributed by atoms with Gasteiger partial charge in [0.05, 0.1) is 5.41 Å². The van der Waals surface area contributed by atoms with Crippen LogP contribution in [0.25, 0.3) is 0 Å². The van der Waals surface area contributed by atoms with Gasteiger partial charge in [0, 0.05) is 42.3 Å². The molecule has 0 aliphatic carbocycles. The zero-order valence-electron chi connectivity index (χ0n) is 14.2. The van der Waals surface area contributed by atoms with Crippen molar-refractivity contribution in [3.05, 3.63) is 45.4 Å². The van der Waals surface area contributed by atoms with Gasteiger partial charge in [-0.15, -0.1) is 11.3 Å². The standard InChI is InChI=1S/C18H22ClN3O2S/c1-12-8-14(19)3-2-13(12)9-15-10-21-17(25-15)22-16(23)18(11-20)4-6-24-7-5-18/h2-3,8,10H,4-7,9,11,20H2,1H3,(H,21,22,23). The Bertz CT molecular complexity index is 757. The fraction of sp³-hybridized carbons (Fsp3) is 0.444. The number of nitrogens with one attached hydrogen (secondary N) is 1. The van der Waals surface area contributed by atoms with Crippen LogP contribution in [-0.2, 0) is 16.0 Å². The minimum absolute atomic E-state index is 0.0538. The number of rotatable bonds is 5. The largest absolute Gasteiger partial charge is 0.381 e. The van der Waals surface area contributed by atoms with Crippen molar-refractivity contribution < 1.29 is 9.53 Å². The lowest BCUT2D eigenvalue weighted by molar-refractivity contribution is -0.130. The van der Waals surface area contributed by atoms with Gasteiger partial charge >= 0.3 is 0 Å². The lowest BCUT2D eigenvalue weighted by atomic mass is 9.79. The average molecular weight is 380 g/mol. The first-order valence-corrected chi connectivity index (χ1v) is 9.51. The highest BCUT2D eigenvalue weighted by molar-refractivity contribution is 7.15. The van der Waals surface area contributed by atoms with Gasteiger partial charge in [-0.25, -0.2) is 4.98 Å². The lowest BCUT2D eigenvalue weighted by Crippen LogP contribution is -2.46. The van der Waals surface area contributed by atoms with Crippen LogP contribution in [0.5, 0.6) is 0 Å². The van der Waals surface area contributed by atoms with Crippen molar-refractivity contribution >= 4 is 34.0 Å². The fourth-order valence-corrected chi connectivity index (χ4v) is 4.07. The number of nitrogens with two attached hydrogens (primary N) is 1. The third kappa shape index (κ3) is 4.20. The first-order chi connectivity index (χ1) is 12.0. The van der Waals surface area contributed by atoms with Crippen LogP contribution in [0.1, 0.15) is 28.8 Å². The normalized spacial score (nSPS) is 16.6. The quantitative estimate of drug-likeness (QED) is 0.834. The maximum Gasteiger partial charge on any atom is 0.233 e. The Morgan fingerprint density at radius 1 is 1.44 bits per heavy atom. The van der Waals surface area contributed by atoms with Crippen molar-refractivity contribution in [2.75, 3.05) is 25.1 Å². The van der Waals surface area contributed by atoms with Crippen LogP contribution in [0.4, 0.5) is 5.13 Å². The molecule has 0 radical (unpaired) electrons. The number of ether oxygens (including phenoxy) is 1.